The second-order valence-corrected chi connectivity index (χ2v) is 3.18. The van der Waals surface area contributed by atoms with E-state index in [9.17, 15) is 4.79 Å². The van der Waals surface area contributed by atoms with Crippen molar-refractivity contribution in [3.8, 4) is 0 Å². The molecule has 4 nitrogen and oxygen atoms in total. The van der Waals surface area contributed by atoms with E-state index in [1.165, 1.54) is 0 Å². The molecule has 14 heavy (non-hydrogen) atoms. The van der Waals surface area contributed by atoms with Crippen LogP contribution in [0.5, 0.6) is 0 Å². The molecular weight excluding hydrogens is 180 g/mol. The van der Waals surface area contributed by atoms with E-state index >= 15 is 0 Å². The van der Waals surface area contributed by atoms with Gasteiger partial charge in [-0.15, -0.1) is 0 Å². The van der Waals surface area contributed by atoms with Gasteiger partial charge in [0.1, 0.15) is 0 Å². The number of carboxylic acid groups (broad SMARTS) is 1. The van der Waals surface area contributed by atoms with Crippen molar-refractivity contribution in [1.29, 1.82) is 0 Å². The first-order chi connectivity index (χ1) is 6.70. The van der Waals surface area contributed by atoms with Gasteiger partial charge in [-0.3, -0.25) is 4.79 Å². The first-order valence-electron chi connectivity index (χ1n) is 4.34. The standard InChI is InChI=1S/C10H10N2O2/c1-7(10(13)14)9-8-4-2-3-5-12(8)6-11-9/h2-7H,1H3,(H,13,14). The number of aliphatic carboxylic acids is 1. The summed E-state index contributed by atoms with van der Waals surface area (Å²) in [6.07, 6.45) is 3.48. The molecule has 2 aromatic heterocycles. The Labute approximate surface area is 80.8 Å². The quantitative estimate of drug-likeness (QED) is 0.781. The Balaban J connectivity index is 2.58. The van der Waals surface area contributed by atoms with Gasteiger partial charge in [-0.1, -0.05) is 6.07 Å². The maximum atomic E-state index is 10.8. The summed E-state index contributed by atoms with van der Waals surface area (Å²) in [6, 6.07) is 5.61. The van der Waals surface area contributed by atoms with Crippen molar-refractivity contribution in [2.24, 2.45) is 0 Å². The van der Waals surface area contributed by atoms with Gasteiger partial charge in [0.05, 0.1) is 23.5 Å². The van der Waals surface area contributed by atoms with Crippen molar-refractivity contribution in [3.63, 3.8) is 0 Å². The molecule has 0 aliphatic rings. The topological polar surface area (TPSA) is 54.6 Å². The van der Waals surface area contributed by atoms with Gasteiger partial charge in [-0.05, 0) is 19.1 Å². The fraction of sp³-hybridized carbons (Fsp3) is 0.200. The van der Waals surface area contributed by atoms with Crippen LogP contribution in [0.3, 0.4) is 0 Å². The van der Waals surface area contributed by atoms with Gasteiger partial charge in [0, 0.05) is 6.20 Å². The molecule has 0 aromatic carbocycles. The summed E-state index contributed by atoms with van der Waals surface area (Å²) in [4.78, 5) is 14.9. The van der Waals surface area contributed by atoms with Gasteiger partial charge in [-0.25, -0.2) is 4.98 Å². The number of carbonyl (C=O) groups is 1. The summed E-state index contributed by atoms with van der Waals surface area (Å²) >= 11 is 0. The number of rotatable bonds is 2. The Bertz CT molecular complexity index is 476. The van der Waals surface area contributed by atoms with E-state index in [1.807, 2.05) is 28.8 Å². The molecule has 2 aromatic rings. The second-order valence-electron chi connectivity index (χ2n) is 3.18. The van der Waals surface area contributed by atoms with Gasteiger partial charge in [0.25, 0.3) is 0 Å². The maximum Gasteiger partial charge on any atom is 0.312 e. The third-order valence-corrected chi connectivity index (χ3v) is 2.25. The van der Waals surface area contributed by atoms with Crippen molar-refractivity contribution in [3.05, 3.63) is 36.4 Å². The van der Waals surface area contributed by atoms with Crippen LogP contribution in [-0.2, 0) is 4.79 Å². The molecule has 0 saturated carbocycles. The van der Waals surface area contributed by atoms with E-state index in [1.54, 1.807) is 13.3 Å². The molecule has 0 radical (unpaired) electrons. The summed E-state index contributed by atoms with van der Waals surface area (Å²) in [5.74, 6) is -1.42. The third-order valence-electron chi connectivity index (χ3n) is 2.25. The fourth-order valence-electron chi connectivity index (χ4n) is 1.41. The zero-order valence-electron chi connectivity index (χ0n) is 7.71. The van der Waals surface area contributed by atoms with E-state index in [0.29, 0.717) is 5.69 Å². The zero-order valence-corrected chi connectivity index (χ0v) is 7.71. The van der Waals surface area contributed by atoms with E-state index in [4.69, 9.17) is 5.11 Å². The Kier molecular flexibility index (Phi) is 1.96. The van der Waals surface area contributed by atoms with Crippen LogP contribution in [0.1, 0.15) is 18.5 Å². The van der Waals surface area contributed by atoms with Gasteiger partial charge < -0.3 is 9.51 Å². The Morgan fingerprint density at radius 3 is 3.07 bits per heavy atom. The molecule has 2 rings (SSSR count). The van der Waals surface area contributed by atoms with Gasteiger partial charge in [0.15, 0.2) is 0 Å². The Morgan fingerprint density at radius 2 is 2.36 bits per heavy atom. The highest BCUT2D eigenvalue weighted by atomic mass is 16.4. The minimum atomic E-state index is -0.852. The summed E-state index contributed by atoms with van der Waals surface area (Å²) < 4.78 is 1.81. The predicted octanol–water partition coefficient (Wildman–Crippen LogP) is 1.52. The van der Waals surface area contributed by atoms with Crippen LogP contribution in [0.25, 0.3) is 5.52 Å². The van der Waals surface area contributed by atoms with Crippen LogP contribution in [0, 0.1) is 0 Å². The lowest BCUT2D eigenvalue weighted by Crippen LogP contribution is -2.08. The van der Waals surface area contributed by atoms with Crippen LogP contribution in [0.4, 0.5) is 0 Å². The minimum absolute atomic E-state index is 0.567. The molecule has 0 fully saturated rings. The Morgan fingerprint density at radius 1 is 1.57 bits per heavy atom. The van der Waals surface area contributed by atoms with Gasteiger partial charge in [0.2, 0.25) is 0 Å². The first-order valence-corrected chi connectivity index (χ1v) is 4.34. The molecule has 72 valence electrons. The number of fused-ring (bicyclic) bond motifs is 1. The van der Waals surface area contributed by atoms with Crippen molar-refractivity contribution < 1.29 is 9.90 Å². The number of pyridine rings is 1. The van der Waals surface area contributed by atoms with Crippen LogP contribution in [-0.4, -0.2) is 20.5 Å². The summed E-state index contributed by atoms with van der Waals surface area (Å²) in [5.41, 5.74) is 1.46. The molecule has 0 amide bonds. The maximum absolute atomic E-state index is 10.8. The molecule has 0 aliphatic carbocycles. The van der Waals surface area contributed by atoms with Crippen LogP contribution >= 0.6 is 0 Å². The normalized spacial score (nSPS) is 12.9. The monoisotopic (exact) mass is 190 g/mol. The van der Waals surface area contributed by atoms with Crippen LogP contribution in [0.15, 0.2) is 30.7 Å². The fourth-order valence-corrected chi connectivity index (χ4v) is 1.41. The van der Waals surface area contributed by atoms with Crippen molar-refractivity contribution in [2.45, 2.75) is 12.8 Å². The number of aromatic nitrogens is 2. The number of imidazole rings is 1. The smallest absolute Gasteiger partial charge is 0.312 e. The number of nitrogens with zero attached hydrogens (tertiary/aromatic N) is 2. The molecule has 0 spiro atoms. The van der Waals surface area contributed by atoms with Crippen molar-refractivity contribution in [1.82, 2.24) is 9.38 Å². The van der Waals surface area contributed by atoms with E-state index in [2.05, 4.69) is 4.98 Å². The highest BCUT2D eigenvalue weighted by Gasteiger charge is 2.18. The number of hydrogen-bond donors (Lipinski definition) is 1. The third kappa shape index (κ3) is 1.25. The molecule has 4 heteroatoms. The first kappa shape index (κ1) is 8.74. The molecule has 1 atom stereocenters. The lowest BCUT2D eigenvalue weighted by Gasteiger charge is -2.02. The average Bonchev–Trinajstić information content (AvgIpc) is 2.60. The van der Waals surface area contributed by atoms with Crippen LogP contribution < -0.4 is 0 Å². The lowest BCUT2D eigenvalue weighted by molar-refractivity contribution is -0.138. The molecular formula is C10H10N2O2. The number of carboxylic acids is 1. The zero-order chi connectivity index (χ0) is 10.1. The van der Waals surface area contributed by atoms with Gasteiger partial charge >= 0.3 is 5.97 Å². The van der Waals surface area contributed by atoms with E-state index in [0.717, 1.165) is 5.52 Å². The Hall–Kier alpha value is -1.84. The van der Waals surface area contributed by atoms with E-state index < -0.39 is 11.9 Å². The van der Waals surface area contributed by atoms with E-state index in [-0.39, 0.29) is 0 Å². The van der Waals surface area contributed by atoms with Gasteiger partial charge in [-0.2, -0.15) is 0 Å². The molecule has 0 bridgehead atoms. The molecule has 0 aliphatic heterocycles. The largest absolute Gasteiger partial charge is 0.481 e. The van der Waals surface area contributed by atoms with Crippen molar-refractivity contribution >= 4 is 11.5 Å². The highest BCUT2D eigenvalue weighted by molar-refractivity contribution is 5.78. The highest BCUT2D eigenvalue weighted by Crippen LogP contribution is 2.18. The average molecular weight is 190 g/mol. The number of hydrogen-bond acceptors (Lipinski definition) is 2. The predicted molar refractivity (Wildman–Crippen MR) is 51.2 cm³/mol. The molecule has 1 unspecified atom stereocenters. The summed E-state index contributed by atoms with van der Waals surface area (Å²) in [5, 5.41) is 8.86. The minimum Gasteiger partial charge on any atom is -0.481 e. The summed E-state index contributed by atoms with van der Waals surface area (Å²) in [6.45, 7) is 1.64. The molecule has 2 heterocycles. The van der Waals surface area contributed by atoms with Crippen molar-refractivity contribution in [2.75, 3.05) is 0 Å². The molecule has 0 saturated heterocycles. The lowest BCUT2D eigenvalue weighted by atomic mass is 10.1. The SMILES string of the molecule is CC(C(=O)O)c1ncn2ccccc12. The molecule has 1 N–H and O–H groups in total. The van der Waals surface area contributed by atoms with Crippen LogP contribution in [0.2, 0.25) is 0 Å². The summed E-state index contributed by atoms with van der Waals surface area (Å²) in [7, 11) is 0. The second kappa shape index (κ2) is 3.14.